The van der Waals surface area contributed by atoms with Crippen LogP contribution in [0.4, 0.5) is 5.69 Å². The number of anilines is 1. The molecule has 1 aliphatic rings. The number of nitrogens with one attached hydrogen (secondary N) is 1. The van der Waals surface area contributed by atoms with Crippen molar-refractivity contribution in [3.05, 3.63) is 62.5 Å². The second-order valence-corrected chi connectivity index (χ2v) is 7.66. The Morgan fingerprint density at radius 3 is 2.67 bits per heavy atom. The maximum atomic E-state index is 13.1. The van der Waals surface area contributed by atoms with Crippen LogP contribution >= 0.6 is 11.6 Å². The van der Waals surface area contributed by atoms with Crippen molar-refractivity contribution in [1.29, 1.82) is 0 Å². The normalized spacial score (nSPS) is 14.1. The van der Waals surface area contributed by atoms with E-state index in [1.54, 1.807) is 24.3 Å². The molecular formula is C22H27ClN2O2. The van der Waals surface area contributed by atoms with Gasteiger partial charge in [-0.3, -0.25) is 9.59 Å². The Morgan fingerprint density at radius 1 is 1.15 bits per heavy atom. The molecule has 5 heteroatoms. The van der Waals surface area contributed by atoms with E-state index in [1.807, 2.05) is 10.6 Å². The fourth-order valence-electron chi connectivity index (χ4n) is 3.71. The third kappa shape index (κ3) is 4.81. The highest BCUT2D eigenvalue weighted by Gasteiger charge is 2.20. The second-order valence-electron chi connectivity index (χ2n) is 7.22. The van der Waals surface area contributed by atoms with Gasteiger partial charge < -0.3 is 9.88 Å². The number of carbonyl (C=O) groups is 1. The lowest BCUT2D eigenvalue weighted by atomic mass is 9.95. The number of halogens is 1. The first-order valence-electron chi connectivity index (χ1n) is 9.92. The Morgan fingerprint density at radius 2 is 1.93 bits per heavy atom. The van der Waals surface area contributed by atoms with Gasteiger partial charge in [0.25, 0.3) is 11.5 Å². The van der Waals surface area contributed by atoms with Crippen molar-refractivity contribution in [3.63, 3.8) is 0 Å². The summed E-state index contributed by atoms with van der Waals surface area (Å²) in [5, 5.41) is 3.37. The van der Waals surface area contributed by atoms with E-state index >= 15 is 0 Å². The summed E-state index contributed by atoms with van der Waals surface area (Å²) in [6, 6.07) is 8.80. The van der Waals surface area contributed by atoms with Crippen molar-refractivity contribution >= 4 is 23.2 Å². The molecule has 0 fully saturated rings. The van der Waals surface area contributed by atoms with E-state index in [-0.39, 0.29) is 17.0 Å². The molecule has 144 valence electrons. The van der Waals surface area contributed by atoms with Crippen LogP contribution in [0.15, 0.2) is 35.1 Å². The predicted molar refractivity (Wildman–Crippen MR) is 111 cm³/mol. The molecular weight excluding hydrogens is 360 g/mol. The molecule has 0 radical (unpaired) electrons. The van der Waals surface area contributed by atoms with Crippen LogP contribution in [0.1, 0.15) is 67.1 Å². The van der Waals surface area contributed by atoms with Gasteiger partial charge in [0.15, 0.2) is 0 Å². The van der Waals surface area contributed by atoms with E-state index in [2.05, 4.69) is 12.2 Å². The van der Waals surface area contributed by atoms with Crippen LogP contribution in [0, 0.1) is 0 Å². The van der Waals surface area contributed by atoms with Crippen molar-refractivity contribution in [3.8, 4) is 0 Å². The zero-order chi connectivity index (χ0) is 19.2. The first-order chi connectivity index (χ1) is 13.1. The first kappa shape index (κ1) is 19.7. The van der Waals surface area contributed by atoms with Crippen molar-refractivity contribution in [2.75, 3.05) is 5.32 Å². The van der Waals surface area contributed by atoms with Crippen LogP contribution in [0.2, 0.25) is 5.02 Å². The number of aromatic nitrogens is 1. The van der Waals surface area contributed by atoms with Crippen LogP contribution in [-0.4, -0.2) is 10.5 Å². The zero-order valence-corrected chi connectivity index (χ0v) is 16.6. The monoisotopic (exact) mass is 386 g/mol. The summed E-state index contributed by atoms with van der Waals surface area (Å²) >= 11 is 6.00. The molecule has 1 N–H and O–H groups in total. The van der Waals surface area contributed by atoms with E-state index in [9.17, 15) is 9.59 Å². The minimum Gasteiger partial charge on any atom is -0.322 e. The van der Waals surface area contributed by atoms with E-state index in [4.69, 9.17) is 11.6 Å². The van der Waals surface area contributed by atoms with Crippen molar-refractivity contribution < 1.29 is 4.79 Å². The quantitative estimate of drug-likeness (QED) is 0.766. The number of rotatable bonds is 5. The molecule has 4 nitrogen and oxygen atoms in total. The Hall–Kier alpha value is -2.07. The first-order valence-corrected chi connectivity index (χ1v) is 10.3. The van der Waals surface area contributed by atoms with E-state index in [0.29, 0.717) is 17.3 Å². The van der Waals surface area contributed by atoms with Gasteiger partial charge in [-0.25, -0.2) is 0 Å². The van der Waals surface area contributed by atoms with Gasteiger partial charge >= 0.3 is 0 Å². The van der Waals surface area contributed by atoms with Gasteiger partial charge in [-0.15, -0.1) is 0 Å². The lowest BCUT2D eigenvalue weighted by Gasteiger charge is -2.21. The van der Waals surface area contributed by atoms with Crippen molar-refractivity contribution in [1.82, 2.24) is 4.57 Å². The highest BCUT2D eigenvalue weighted by atomic mass is 35.5. The Labute approximate surface area is 165 Å². The Bertz CT molecular complexity index is 873. The highest BCUT2D eigenvalue weighted by Crippen LogP contribution is 2.21. The number of pyridine rings is 1. The lowest BCUT2D eigenvalue weighted by Crippen LogP contribution is -2.33. The van der Waals surface area contributed by atoms with Crippen molar-refractivity contribution in [2.45, 2.75) is 64.8 Å². The average molecular weight is 387 g/mol. The van der Waals surface area contributed by atoms with Crippen LogP contribution < -0.4 is 10.9 Å². The SMILES string of the molecule is CCCCn1c2c(cc(C(=O)Nc3cccc(Cl)c3)c1=O)CCCCCC2. The molecule has 1 heterocycles. The fourth-order valence-corrected chi connectivity index (χ4v) is 3.90. The van der Waals surface area contributed by atoms with Gasteiger partial charge in [0, 0.05) is 22.9 Å². The van der Waals surface area contributed by atoms with Crippen LogP contribution in [0.5, 0.6) is 0 Å². The summed E-state index contributed by atoms with van der Waals surface area (Å²) in [7, 11) is 0. The molecule has 0 atom stereocenters. The molecule has 1 aromatic heterocycles. The van der Waals surface area contributed by atoms with E-state index < -0.39 is 0 Å². The van der Waals surface area contributed by atoms with Crippen LogP contribution in [0.25, 0.3) is 0 Å². The number of benzene rings is 1. The topological polar surface area (TPSA) is 51.1 Å². The Balaban J connectivity index is 1.99. The molecule has 0 bridgehead atoms. The smallest absolute Gasteiger partial charge is 0.263 e. The summed E-state index contributed by atoms with van der Waals surface area (Å²) in [6.07, 6.45) is 8.42. The van der Waals surface area contributed by atoms with Gasteiger partial charge in [0.05, 0.1) is 0 Å². The van der Waals surface area contributed by atoms with E-state index in [1.165, 1.54) is 12.8 Å². The predicted octanol–water partition coefficient (Wildman–Crippen LogP) is 5.21. The molecule has 2 aromatic rings. The number of aryl methyl sites for hydroxylation is 1. The number of fused-ring (bicyclic) bond motifs is 1. The van der Waals surface area contributed by atoms with Gasteiger partial charge in [0.1, 0.15) is 5.56 Å². The molecule has 0 saturated carbocycles. The maximum absolute atomic E-state index is 13.1. The number of hydrogen-bond acceptors (Lipinski definition) is 2. The van der Waals surface area contributed by atoms with E-state index in [0.717, 1.165) is 49.8 Å². The molecule has 1 aromatic carbocycles. The minimum absolute atomic E-state index is 0.178. The third-order valence-electron chi connectivity index (χ3n) is 5.16. The second kappa shape index (κ2) is 9.23. The van der Waals surface area contributed by atoms with Gasteiger partial charge in [-0.2, -0.15) is 0 Å². The lowest BCUT2D eigenvalue weighted by molar-refractivity contribution is 0.102. The summed E-state index contributed by atoms with van der Waals surface area (Å²) in [4.78, 5) is 26.0. The molecule has 1 aliphatic carbocycles. The summed E-state index contributed by atoms with van der Waals surface area (Å²) in [6.45, 7) is 2.79. The Kier molecular flexibility index (Phi) is 6.73. The standard InChI is InChI=1S/C22H27ClN2O2/c1-2-3-13-25-20-12-7-5-4-6-9-16(20)14-19(22(25)27)21(26)24-18-11-8-10-17(23)15-18/h8,10-11,14-15H,2-7,9,12-13H2,1H3,(H,24,26). The van der Waals surface area contributed by atoms with Gasteiger partial charge in [-0.05, 0) is 61.9 Å². The van der Waals surface area contributed by atoms with Crippen LogP contribution in [-0.2, 0) is 19.4 Å². The molecule has 1 amide bonds. The van der Waals surface area contributed by atoms with Crippen LogP contribution in [0.3, 0.4) is 0 Å². The average Bonchev–Trinajstić information content (AvgIpc) is 2.62. The zero-order valence-electron chi connectivity index (χ0n) is 15.9. The highest BCUT2D eigenvalue weighted by molar-refractivity contribution is 6.30. The number of hydrogen-bond donors (Lipinski definition) is 1. The third-order valence-corrected chi connectivity index (χ3v) is 5.40. The number of nitrogens with zero attached hydrogens (tertiary/aromatic N) is 1. The number of carbonyl (C=O) groups excluding carboxylic acids is 1. The summed E-state index contributed by atoms with van der Waals surface area (Å²) in [5.74, 6) is -0.364. The molecule has 0 aliphatic heterocycles. The largest absolute Gasteiger partial charge is 0.322 e. The fraction of sp³-hybridized carbons (Fsp3) is 0.455. The molecule has 27 heavy (non-hydrogen) atoms. The molecule has 0 spiro atoms. The number of unbranched alkanes of at least 4 members (excludes halogenated alkanes) is 1. The van der Waals surface area contributed by atoms with Gasteiger partial charge in [-0.1, -0.05) is 43.9 Å². The number of amides is 1. The summed E-state index contributed by atoms with van der Waals surface area (Å²) in [5.41, 5.74) is 2.93. The van der Waals surface area contributed by atoms with Crippen molar-refractivity contribution in [2.24, 2.45) is 0 Å². The summed E-state index contributed by atoms with van der Waals surface area (Å²) < 4.78 is 1.86. The minimum atomic E-state index is -0.364. The molecule has 0 saturated heterocycles. The maximum Gasteiger partial charge on any atom is 0.263 e. The molecule has 3 rings (SSSR count). The molecule has 0 unspecified atom stereocenters. The van der Waals surface area contributed by atoms with Gasteiger partial charge in [0.2, 0.25) is 0 Å².